The number of esters is 1. The second kappa shape index (κ2) is 5.24. The maximum absolute atomic E-state index is 12.0. The Morgan fingerprint density at radius 2 is 2.45 bits per heavy atom. The minimum absolute atomic E-state index is 0.0339. The van der Waals surface area contributed by atoms with Crippen molar-refractivity contribution in [2.24, 2.45) is 5.92 Å². The summed E-state index contributed by atoms with van der Waals surface area (Å²) >= 11 is 3.40. The summed E-state index contributed by atoms with van der Waals surface area (Å²) in [6.45, 7) is 0.324. The number of aromatic nitrogens is 2. The highest BCUT2D eigenvalue weighted by molar-refractivity contribution is 9.10. The van der Waals surface area contributed by atoms with Gasteiger partial charge >= 0.3 is 5.97 Å². The molecule has 3 rings (SSSR count). The molecule has 0 spiro atoms. The van der Waals surface area contributed by atoms with Crippen molar-refractivity contribution in [3.63, 3.8) is 0 Å². The Hall–Kier alpha value is -1.89. The molecule has 2 aromatic heterocycles. The fourth-order valence-corrected chi connectivity index (χ4v) is 2.67. The molecule has 1 aliphatic heterocycles. The summed E-state index contributed by atoms with van der Waals surface area (Å²) in [7, 11) is 0. The molecule has 0 bridgehead atoms. The van der Waals surface area contributed by atoms with Gasteiger partial charge in [-0.05, 0) is 28.1 Å². The number of carbonyl (C=O) groups excluding carboxylic acids is 2. The van der Waals surface area contributed by atoms with Crippen LogP contribution in [0.15, 0.2) is 29.0 Å². The standard InChI is InChI=1S/C13H12BrN3O3/c14-9-2-1-3-17-10(6-15-13(9)17)16-11(18)4-8-5-12(19)20-7-8/h1-3,6,8H,4-5,7H2,(H,16,18)/t8-/m0/s1. The number of fused-ring (bicyclic) bond motifs is 1. The van der Waals surface area contributed by atoms with Gasteiger partial charge in [0.05, 0.1) is 23.7 Å². The van der Waals surface area contributed by atoms with Crippen LogP contribution in [0.1, 0.15) is 12.8 Å². The number of imidazole rings is 1. The Morgan fingerprint density at radius 3 is 3.20 bits per heavy atom. The molecule has 0 radical (unpaired) electrons. The van der Waals surface area contributed by atoms with Crippen molar-refractivity contribution in [2.45, 2.75) is 12.8 Å². The number of ether oxygens (including phenoxy) is 1. The summed E-state index contributed by atoms with van der Waals surface area (Å²) in [5.41, 5.74) is 0.738. The summed E-state index contributed by atoms with van der Waals surface area (Å²) in [4.78, 5) is 27.2. The molecule has 6 nitrogen and oxygen atoms in total. The summed E-state index contributed by atoms with van der Waals surface area (Å²) in [5.74, 6) is 0.196. The number of pyridine rings is 1. The SMILES string of the molecule is O=C(C[C@@H]1COC(=O)C1)Nc1cnc2c(Br)cccn12. The van der Waals surface area contributed by atoms with Gasteiger partial charge in [0.25, 0.3) is 0 Å². The lowest BCUT2D eigenvalue weighted by Crippen LogP contribution is -2.17. The van der Waals surface area contributed by atoms with E-state index in [0.717, 1.165) is 10.1 Å². The van der Waals surface area contributed by atoms with E-state index >= 15 is 0 Å². The van der Waals surface area contributed by atoms with Crippen LogP contribution in [0.5, 0.6) is 0 Å². The zero-order valence-electron chi connectivity index (χ0n) is 10.5. The van der Waals surface area contributed by atoms with Gasteiger partial charge in [-0.3, -0.25) is 14.0 Å². The number of nitrogens with zero attached hydrogens (tertiary/aromatic N) is 2. The molecule has 1 saturated heterocycles. The van der Waals surface area contributed by atoms with Crippen LogP contribution in [0.25, 0.3) is 5.65 Å². The third-order valence-electron chi connectivity index (χ3n) is 3.17. The predicted molar refractivity (Wildman–Crippen MR) is 75.2 cm³/mol. The molecule has 104 valence electrons. The second-order valence-corrected chi connectivity index (χ2v) is 5.55. The Morgan fingerprint density at radius 1 is 1.60 bits per heavy atom. The van der Waals surface area contributed by atoms with E-state index in [4.69, 9.17) is 4.74 Å². The number of rotatable bonds is 3. The lowest BCUT2D eigenvalue weighted by atomic mass is 10.0. The van der Waals surface area contributed by atoms with Crippen molar-refractivity contribution >= 4 is 39.3 Å². The van der Waals surface area contributed by atoms with E-state index in [1.807, 2.05) is 18.3 Å². The molecule has 0 aliphatic carbocycles. The number of halogens is 1. The smallest absolute Gasteiger partial charge is 0.306 e. The zero-order chi connectivity index (χ0) is 14.1. The number of cyclic esters (lactones) is 1. The van der Waals surface area contributed by atoms with Gasteiger partial charge in [0.15, 0.2) is 5.65 Å². The van der Waals surface area contributed by atoms with Gasteiger partial charge in [0, 0.05) is 18.5 Å². The maximum Gasteiger partial charge on any atom is 0.306 e. The molecule has 7 heteroatoms. The molecule has 1 atom stereocenters. The highest BCUT2D eigenvalue weighted by atomic mass is 79.9. The number of anilines is 1. The Balaban J connectivity index is 1.71. The third kappa shape index (κ3) is 2.53. The van der Waals surface area contributed by atoms with E-state index in [9.17, 15) is 9.59 Å². The van der Waals surface area contributed by atoms with Crippen LogP contribution in [0.4, 0.5) is 5.82 Å². The molecular weight excluding hydrogens is 326 g/mol. The maximum atomic E-state index is 12.0. The monoisotopic (exact) mass is 337 g/mol. The number of nitrogens with one attached hydrogen (secondary N) is 1. The highest BCUT2D eigenvalue weighted by Gasteiger charge is 2.26. The average Bonchev–Trinajstić information content (AvgIpc) is 2.98. The predicted octanol–water partition coefficient (Wildman–Crippen LogP) is 1.99. The number of carbonyl (C=O) groups is 2. The minimum atomic E-state index is -0.235. The molecule has 0 saturated carbocycles. The minimum Gasteiger partial charge on any atom is -0.465 e. The molecule has 0 aromatic carbocycles. The van der Waals surface area contributed by atoms with Gasteiger partial charge < -0.3 is 10.1 Å². The molecule has 2 aromatic rings. The van der Waals surface area contributed by atoms with Gasteiger partial charge in [-0.15, -0.1) is 0 Å². The van der Waals surface area contributed by atoms with Gasteiger partial charge in [0.2, 0.25) is 5.91 Å². The summed E-state index contributed by atoms with van der Waals surface area (Å²) in [6, 6.07) is 3.74. The Kier molecular flexibility index (Phi) is 3.43. The van der Waals surface area contributed by atoms with E-state index < -0.39 is 0 Å². The van der Waals surface area contributed by atoms with Crippen LogP contribution < -0.4 is 5.32 Å². The Bertz CT molecular complexity index is 683. The normalized spacial score (nSPS) is 18.2. The number of hydrogen-bond acceptors (Lipinski definition) is 4. The lowest BCUT2D eigenvalue weighted by Gasteiger charge is -2.07. The quantitative estimate of drug-likeness (QED) is 0.869. The molecule has 0 unspecified atom stereocenters. The fraction of sp³-hybridized carbons (Fsp3) is 0.308. The van der Waals surface area contributed by atoms with Crippen molar-refractivity contribution in [3.05, 3.63) is 29.0 Å². The van der Waals surface area contributed by atoms with Crippen molar-refractivity contribution in [2.75, 3.05) is 11.9 Å². The molecule has 1 aliphatic rings. The highest BCUT2D eigenvalue weighted by Crippen LogP contribution is 2.21. The first-order valence-electron chi connectivity index (χ1n) is 6.20. The third-order valence-corrected chi connectivity index (χ3v) is 3.78. The van der Waals surface area contributed by atoms with Crippen LogP contribution in [-0.2, 0) is 14.3 Å². The molecule has 1 amide bonds. The van der Waals surface area contributed by atoms with Crippen LogP contribution in [0.3, 0.4) is 0 Å². The number of amides is 1. The summed E-state index contributed by atoms with van der Waals surface area (Å²) in [5, 5.41) is 2.81. The first-order chi connectivity index (χ1) is 9.63. The largest absolute Gasteiger partial charge is 0.465 e. The van der Waals surface area contributed by atoms with E-state index in [1.165, 1.54) is 0 Å². The van der Waals surface area contributed by atoms with Crippen LogP contribution in [0, 0.1) is 5.92 Å². The van der Waals surface area contributed by atoms with Gasteiger partial charge in [-0.1, -0.05) is 0 Å². The van der Waals surface area contributed by atoms with E-state index in [-0.39, 0.29) is 24.2 Å². The van der Waals surface area contributed by atoms with Gasteiger partial charge in [-0.2, -0.15) is 0 Å². The van der Waals surface area contributed by atoms with Crippen LogP contribution >= 0.6 is 15.9 Å². The molecule has 3 heterocycles. The fourth-order valence-electron chi connectivity index (χ4n) is 2.22. The van der Waals surface area contributed by atoms with Crippen molar-refractivity contribution < 1.29 is 14.3 Å². The lowest BCUT2D eigenvalue weighted by molar-refractivity contribution is -0.138. The first kappa shape index (κ1) is 13.1. The van der Waals surface area contributed by atoms with Gasteiger partial charge in [0.1, 0.15) is 5.82 Å². The molecular formula is C13H12BrN3O3. The average molecular weight is 338 g/mol. The Labute approximate surface area is 123 Å². The second-order valence-electron chi connectivity index (χ2n) is 4.70. The van der Waals surface area contributed by atoms with Crippen molar-refractivity contribution in [1.29, 1.82) is 0 Å². The molecule has 1 fully saturated rings. The van der Waals surface area contributed by atoms with Gasteiger partial charge in [-0.25, -0.2) is 4.98 Å². The van der Waals surface area contributed by atoms with E-state index in [1.54, 1.807) is 10.6 Å². The molecule has 20 heavy (non-hydrogen) atoms. The van der Waals surface area contributed by atoms with Crippen LogP contribution in [0.2, 0.25) is 0 Å². The summed E-state index contributed by atoms with van der Waals surface area (Å²) in [6.07, 6.45) is 4.01. The zero-order valence-corrected chi connectivity index (χ0v) is 12.1. The topological polar surface area (TPSA) is 72.7 Å². The summed E-state index contributed by atoms with van der Waals surface area (Å²) < 4.78 is 7.49. The van der Waals surface area contributed by atoms with E-state index in [0.29, 0.717) is 18.8 Å². The molecule has 1 N–H and O–H groups in total. The van der Waals surface area contributed by atoms with Crippen LogP contribution in [-0.4, -0.2) is 27.9 Å². The van der Waals surface area contributed by atoms with Crippen molar-refractivity contribution in [1.82, 2.24) is 9.38 Å². The first-order valence-corrected chi connectivity index (χ1v) is 7.00. The van der Waals surface area contributed by atoms with Crippen molar-refractivity contribution in [3.8, 4) is 0 Å². The number of hydrogen-bond donors (Lipinski definition) is 1. The van der Waals surface area contributed by atoms with E-state index in [2.05, 4.69) is 26.2 Å².